The maximum Gasteiger partial charge on any atom is 0.0992 e. The molecular formula is C13H12ClNS. The van der Waals surface area contributed by atoms with Crippen molar-refractivity contribution in [3.05, 3.63) is 58.7 Å². The molecule has 0 spiro atoms. The minimum atomic E-state index is 0.780. The molecular weight excluding hydrogens is 238 g/mol. The van der Waals surface area contributed by atoms with Crippen LogP contribution in [-0.4, -0.2) is 4.98 Å². The highest BCUT2D eigenvalue weighted by molar-refractivity contribution is 7.98. The largest absolute Gasteiger partial charge is 0.250 e. The number of benzene rings is 1. The molecule has 0 saturated heterocycles. The molecule has 1 nitrogen and oxygen atoms in total. The normalized spacial score (nSPS) is 10.4. The van der Waals surface area contributed by atoms with E-state index in [-0.39, 0.29) is 0 Å². The number of rotatable bonds is 3. The molecule has 0 radical (unpaired) electrons. The highest BCUT2D eigenvalue weighted by Gasteiger charge is 2.00. The van der Waals surface area contributed by atoms with E-state index >= 15 is 0 Å². The molecule has 0 aliphatic carbocycles. The molecule has 0 unspecified atom stereocenters. The summed E-state index contributed by atoms with van der Waals surface area (Å²) in [5.41, 5.74) is 2.49. The molecule has 1 aromatic carbocycles. The standard InChI is InChI=1S/C13H12ClNS/c1-10-3-2-8-15-13(10)16-9-11-4-6-12(14)7-5-11/h2-8H,9H2,1H3. The third-order valence-corrected chi connectivity index (χ3v) is 3.68. The lowest BCUT2D eigenvalue weighted by molar-refractivity contribution is 1.08. The van der Waals surface area contributed by atoms with Gasteiger partial charge in [-0.15, -0.1) is 11.8 Å². The SMILES string of the molecule is Cc1cccnc1SCc1ccc(Cl)cc1. The second-order valence-corrected chi connectivity index (χ2v) is 4.94. The van der Waals surface area contributed by atoms with Crippen molar-refractivity contribution in [1.82, 2.24) is 4.98 Å². The Hall–Kier alpha value is -0.990. The molecule has 1 aromatic heterocycles. The second-order valence-electron chi connectivity index (χ2n) is 3.54. The van der Waals surface area contributed by atoms with Gasteiger partial charge in [0.25, 0.3) is 0 Å². The molecule has 0 atom stereocenters. The Morgan fingerprint density at radius 2 is 1.94 bits per heavy atom. The number of hydrogen-bond donors (Lipinski definition) is 0. The molecule has 0 saturated carbocycles. The Balaban J connectivity index is 2.02. The quantitative estimate of drug-likeness (QED) is 0.751. The minimum Gasteiger partial charge on any atom is -0.250 e. The number of thioether (sulfide) groups is 1. The maximum atomic E-state index is 5.83. The molecule has 0 aliphatic heterocycles. The van der Waals surface area contributed by atoms with Crippen molar-refractivity contribution in [3.8, 4) is 0 Å². The molecule has 0 N–H and O–H groups in total. The summed E-state index contributed by atoms with van der Waals surface area (Å²) in [6.45, 7) is 2.08. The van der Waals surface area contributed by atoms with Crippen molar-refractivity contribution >= 4 is 23.4 Å². The summed E-state index contributed by atoms with van der Waals surface area (Å²) in [4.78, 5) is 4.35. The Bertz CT molecular complexity index is 468. The van der Waals surface area contributed by atoms with Gasteiger partial charge in [-0.25, -0.2) is 4.98 Å². The number of aryl methyl sites for hydroxylation is 1. The van der Waals surface area contributed by atoms with E-state index in [1.165, 1.54) is 11.1 Å². The van der Waals surface area contributed by atoms with Gasteiger partial charge in [0, 0.05) is 17.0 Å². The van der Waals surface area contributed by atoms with E-state index < -0.39 is 0 Å². The smallest absolute Gasteiger partial charge is 0.0992 e. The van der Waals surface area contributed by atoms with Crippen molar-refractivity contribution < 1.29 is 0 Å². The molecule has 0 aliphatic rings. The predicted molar refractivity (Wildman–Crippen MR) is 70.0 cm³/mol. The molecule has 0 amide bonds. The fraction of sp³-hybridized carbons (Fsp3) is 0.154. The fourth-order valence-electron chi connectivity index (χ4n) is 1.35. The third kappa shape index (κ3) is 3.00. The van der Waals surface area contributed by atoms with Crippen LogP contribution in [0, 0.1) is 6.92 Å². The van der Waals surface area contributed by atoms with E-state index in [4.69, 9.17) is 11.6 Å². The van der Waals surface area contributed by atoms with Crippen LogP contribution in [0.4, 0.5) is 0 Å². The summed E-state index contributed by atoms with van der Waals surface area (Å²) in [7, 11) is 0. The summed E-state index contributed by atoms with van der Waals surface area (Å²) >= 11 is 7.59. The van der Waals surface area contributed by atoms with Gasteiger partial charge >= 0.3 is 0 Å². The first-order chi connectivity index (χ1) is 7.75. The van der Waals surface area contributed by atoms with Crippen molar-refractivity contribution in [2.45, 2.75) is 17.7 Å². The molecule has 0 fully saturated rings. The topological polar surface area (TPSA) is 12.9 Å². The fourth-order valence-corrected chi connectivity index (χ4v) is 2.41. The number of aromatic nitrogens is 1. The minimum absolute atomic E-state index is 0.780. The van der Waals surface area contributed by atoms with Crippen molar-refractivity contribution in [2.24, 2.45) is 0 Å². The van der Waals surface area contributed by atoms with Crippen LogP contribution >= 0.6 is 23.4 Å². The van der Waals surface area contributed by atoms with Crippen LogP contribution in [0.1, 0.15) is 11.1 Å². The average Bonchev–Trinajstić information content (AvgIpc) is 2.30. The van der Waals surface area contributed by atoms with E-state index in [1.54, 1.807) is 11.8 Å². The van der Waals surface area contributed by atoms with Gasteiger partial charge in [0.2, 0.25) is 0 Å². The van der Waals surface area contributed by atoms with Gasteiger partial charge in [-0.2, -0.15) is 0 Å². The van der Waals surface area contributed by atoms with Crippen LogP contribution in [0.25, 0.3) is 0 Å². The van der Waals surface area contributed by atoms with E-state index in [1.807, 2.05) is 36.5 Å². The van der Waals surface area contributed by atoms with Crippen LogP contribution in [0.2, 0.25) is 5.02 Å². The monoisotopic (exact) mass is 249 g/mol. The Labute approximate surface area is 105 Å². The van der Waals surface area contributed by atoms with Crippen LogP contribution in [0.3, 0.4) is 0 Å². The summed E-state index contributed by atoms with van der Waals surface area (Å²) < 4.78 is 0. The van der Waals surface area contributed by atoms with Crippen LogP contribution in [0.5, 0.6) is 0 Å². The van der Waals surface area contributed by atoms with E-state index in [2.05, 4.69) is 18.0 Å². The molecule has 16 heavy (non-hydrogen) atoms. The lowest BCUT2D eigenvalue weighted by Gasteiger charge is -2.04. The first kappa shape index (κ1) is 11.5. The lowest BCUT2D eigenvalue weighted by Crippen LogP contribution is -1.86. The highest BCUT2D eigenvalue weighted by Crippen LogP contribution is 2.24. The molecule has 0 bridgehead atoms. The number of pyridine rings is 1. The molecule has 1 heterocycles. The molecule has 2 rings (SSSR count). The Morgan fingerprint density at radius 1 is 1.19 bits per heavy atom. The average molecular weight is 250 g/mol. The van der Waals surface area contributed by atoms with E-state index in [0.29, 0.717) is 0 Å². The predicted octanol–water partition coefficient (Wildman–Crippen LogP) is 4.34. The highest BCUT2D eigenvalue weighted by atomic mass is 35.5. The lowest BCUT2D eigenvalue weighted by atomic mass is 10.2. The summed E-state index contributed by atoms with van der Waals surface area (Å²) in [6.07, 6.45) is 1.83. The summed E-state index contributed by atoms with van der Waals surface area (Å²) in [5.74, 6) is 0.926. The van der Waals surface area contributed by atoms with Crippen molar-refractivity contribution in [1.29, 1.82) is 0 Å². The molecule has 3 heteroatoms. The van der Waals surface area contributed by atoms with E-state index in [9.17, 15) is 0 Å². The van der Waals surface area contributed by atoms with Crippen LogP contribution < -0.4 is 0 Å². The first-order valence-corrected chi connectivity index (χ1v) is 6.41. The van der Waals surface area contributed by atoms with Gasteiger partial charge in [-0.1, -0.05) is 29.8 Å². The van der Waals surface area contributed by atoms with Gasteiger partial charge in [0.1, 0.15) is 0 Å². The molecule has 2 aromatic rings. The van der Waals surface area contributed by atoms with Gasteiger partial charge in [0.05, 0.1) is 5.03 Å². The van der Waals surface area contributed by atoms with Gasteiger partial charge in [0.15, 0.2) is 0 Å². The maximum absolute atomic E-state index is 5.83. The number of halogens is 1. The Kier molecular flexibility index (Phi) is 3.86. The van der Waals surface area contributed by atoms with Crippen molar-refractivity contribution in [3.63, 3.8) is 0 Å². The van der Waals surface area contributed by atoms with Gasteiger partial charge in [-0.3, -0.25) is 0 Å². The van der Waals surface area contributed by atoms with Gasteiger partial charge < -0.3 is 0 Å². The third-order valence-electron chi connectivity index (χ3n) is 2.25. The van der Waals surface area contributed by atoms with Gasteiger partial charge in [-0.05, 0) is 36.2 Å². The Morgan fingerprint density at radius 3 is 2.62 bits per heavy atom. The first-order valence-electron chi connectivity index (χ1n) is 5.04. The summed E-state index contributed by atoms with van der Waals surface area (Å²) in [6, 6.07) is 12.0. The summed E-state index contributed by atoms with van der Waals surface area (Å²) in [5, 5.41) is 1.88. The number of hydrogen-bond acceptors (Lipinski definition) is 2. The molecule has 82 valence electrons. The van der Waals surface area contributed by atoms with Crippen molar-refractivity contribution in [2.75, 3.05) is 0 Å². The second kappa shape index (κ2) is 5.37. The zero-order chi connectivity index (χ0) is 11.4. The number of nitrogens with zero attached hydrogens (tertiary/aromatic N) is 1. The zero-order valence-corrected chi connectivity index (χ0v) is 10.6. The van der Waals surface area contributed by atoms with Crippen LogP contribution in [-0.2, 0) is 5.75 Å². The zero-order valence-electron chi connectivity index (χ0n) is 8.98. The van der Waals surface area contributed by atoms with E-state index in [0.717, 1.165) is 15.8 Å². The van der Waals surface area contributed by atoms with Crippen LogP contribution in [0.15, 0.2) is 47.6 Å².